The Kier molecular flexibility index (Phi) is 5.94. The molecule has 27 heavy (non-hydrogen) atoms. The van der Waals surface area contributed by atoms with Crippen molar-refractivity contribution < 1.29 is 9.59 Å². The topological polar surface area (TPSA) is 71.1 Å². The van der Waals surface area contributed by atoms with Gasteiger partial charge in [0.05, 0.1) is 0 Å². The molecule has 0 saturated heterocycles. The summed E-state index contributed by atoms with van der Waals surface area (Å²) in [5, 5.41) is 5.64. The Balaban J connectivity index is 1.59. The predicted octanol–water partition coefficient (Wildman–Crippen LogP) is 3.25. The number of benzene rings is 2. The quantitative estimate of drug-likeness (QED) is 0.710. The molecule has 2 aromatic carbocycles. The van der Waals surface area contributed by atoms with Gasteiger partial charge in [0, 0.05) is 13.1 Å². The molecule has 0 spiro atoms. The van der Waals surface area contributed by atoms with Gasteiger partial charge >= 0.3 is 0 Å². The van der Waals surface area contributed by atoms with Crippen LogP contribution in [0.4, 0.5) is 0 Å². The summed E-state index contributed by atoms with van der Waals surface area (Å²) >= 11 is 0. The minimum absolute atomic E-state index is 0.217. The van der Waals surface area contributed by atoms with E-state index in [2.05, 4.69) is 15.6 Å². The third-order valence-electron chi connectivity index (χ3n) is 4.08. The van der Waals surface area contributed by atoms with Crippen LogP contribution >= 0.6 is 0 Å². The standard InChI is InChI=1S/C22H21N3O2/c1-16-10-12-18(13-11-16)15-24-22(27)20-9-5-8-19(25-20)21(26)23-14-17-6-3-2-4-7-17/h2-13H,14-15H2,1H3,(H,23,26)(H,24,27). The molecule has 0 atom stereocenters. The number of aromatic nitrogens is 1. The van der Waals surface area contributed by atoms with Gasteiger partial charge in [0.15, 0.2) is 0 Å². The molecule has 0 bridgehead atoms. The molecule has 5 nitrogen and oxygen atoms in total. The summed E-state index contributed by atoms with van der Waals surface area (Å²) in [6, 6.07) is 22.4. The van der Waals surface area contributed by atoms with Crippen molar-refractivity contribution in [3.05, 3.63) is 101 Å². The van der Waals surface area contributed by atoms with E-state index in [1.807, 2.05) is 61.5 Å². The molecule has 0 aliphatic carbocycles. The molecular weight excluding hydrogens is 338 g/mol. The van der Waals surface area contributed by atoms with E-state index >= 15 is 0 Å². The number of hydrogen-bond donors (Lipinski definition) is 2. The lowest BCUT2D eigenvalue weighted by atomic mass is 10.1. The maximum absolute atomic E-state index is 12.3. The fourth-order valence-corrected chi connectivity index (χ4v) is 2.54. The van der Waals surface area contributed by atoms with Crippen LogP contribution in [0, 0.1) is 6.92 Å². The van der Waals surface area contributed by atoms with Crippen LogP contribution in [0.25, 0.3) is 0 Å². The molecule has 2 amide bonds. The van der Waals surface area contributed by atoms with Crippen LogP contribution in [0.2, 0.25) is 0 Å². The first-order valence-electron chi connectivity index (χ1n) is 8.75. The highest BCUT2D eigenvalue weighted by Crippen LogP contribution is 2.05. The Morgan fingerprint density at radius 3 is 1.78 bits per heavy atom. The maximum Gasteiger partial charge on any atom is 0.270 e. The number of pyridine rings is 1. The van der Waals surface area contributed by atoms with E-state index in [0.717, 1.165) is 11.1 Å². The molecule has 1 heterocycles. The third-order valence-corrected chi connectivity index (χ3v) is 4.08. The van der Waals surface area contributed by atoms with Crippen molar-refractivity contribution in [1.82, 2.24) is 15.6 Å². The molecule has 5 heteroatoms. The Morgan fingerprint density at radius 1 is 0.704 bits per heavy atom. The molecule has 0 saturated carbocycles. The lowest BCUT2D eigenvalue weighted by Gasteiger charge is -2.08. The lowest BCUT2D eigenvalue weighted by molar-refractivity contribution is 0.0941. The van der Waals surface area contributed by atoms with E-state index in [4.69, 9.17) is 0 Å². The summed E-state index contributed by atoms with van der Waals surface area (Å²) in [7, 11) is 0. The van der Waals surface area contributed by atoms with Crippen LogP contribution in [0.15, 0.2) is 72.8 Å². The van der Waals surface area contributed by atoms with Crippen LogP contribution in [-0.2, 0) is 13.1 Å². The highest BCUT2D eigenvalue weighted by molar-refractivity contribution is 5.96. The van der Waals surface area contributed by atoms with Gasteiger partial charge in [-0.1, -0.05) is 66.2 Å². The average Bonchev–Trinajstić information content (AvgIpc) is 2.72. The number of carbonyl (C=O) groups is 2. The molecule has 0 unspecified atom stereocenters. The number of rotatable bonds is 6. The van der Waals surface area contributed by atoms with Crippen LogP contribution in [-0.4, -0.2) is 16.8 Å². The molecule has 136 valence electrons. The SMILES string of the molecule is Cc1ccc(CNC(=O)c2cccc(C(=O)NCc3ccccc3)n2)cc1. The van der Waals surface area contributed by atoms with E-state index < -0.39 is 0 Å². The summed E-state index contributed by atoms with van der Waals surface area (Å²) in [5.74, 6) is -0.625. The fourth-order valence-electron chi connectivity index (χ4n) is 2.54. The van der Waals surface area contributed by atoms with Crippen LogP contribution in [0.3, 0.4) is 0 Å². The highest BCUT2D eigenvalue weighted by atomic mass is 16.2. The molecular formula is C22H21N3O2. The maximum atomic E-state index is 12.3. The van der Waals surface area contributed by atoms with Gasteiger partial charge in [-0.2, -0.15) is 0 Å². The number of aryl methyl sites for hydroxylation is 1. The Morgan fingerprint density at radius 2 is 1.22 bits per heavy atom. The summed E-state index contributed by atoms with van der Waals surface area (Å²) in [5.41, 5.74) is 3.60. The fraction of sp³-hybridized carbons (Fsp3) is 0.136. The summed E-state index contributed by atoms with van der Waals surface area (Å²) in [6.45, 7) is 2.83. The Bertz CT molecular complexity index is 922. The number of amides is 2. The number of hydrogen-bond acceptors (Lipinski definition) is 3. The van der Waals surface area contributed by atoms with Crippen LogP contribution in [0.5, 0.6) is 0 Å². The first kappa shape index (κ1) is 18.3. The normalized spacial score (nSPS) is 10.3. The van der Waals surface area contributed by atoms with E-state index in [-0.39, 0.29) is 23.2 Å². The van der Waals surface area contributed by atoms with Crippen molar-refractivity contribution in [3.8, 4) is 0 Å². The van der Waals surface area contributed by atoms with Gasteiger partial charge in [-0.3, -0.25) is 9.59 Å². The predicted molar refractivity (Wildman–Crippen MR) is 104 cm³/mol. The van der Waals surface area contributed by atoms with Gasteiger partial charge in [0.1, 0.15) is 11.4 Å². The number of nitrogens with zero attached hydrogens (tertiary/aromatic N) is 1. The van der Waals surface area contributed by atoms with Crippen molar-refractivity contribution in [3.63, 3.8) is 0 Å². The molecule has 0 aliphatic rings. The zero-order valence-corrected chi connectivity index (χ0v) is 15.1. The van der Waals surface area contributed by atoms with E-state index in [0.29, 0.717) is 13.1 Å². The number of nitrogens with one attached hydrogen (secondary N) is 2. The van der Waals surface area contributed by atoms with Crippen molar-refractivity contribution in [2.75, 3.05) is 0 Å². The van der Waals surface area contributed by atoms with E-state index in [9.17, 15) is 9.59 Å². The van der Waals surface area contributed by atoms with Crippen LogP contribution < -0.4 is 10.6 Å². The Hall–Kier alpha value is -3.47. The molecule has 3 aromatic rings. The van der Waals surface area contributed by atoms with Gasteiger partial charge in [-0.05, 0) is 30.2 Å². The zero-order chi connectivity index (χ0) is 19.1. The molecule has 2 N–H and O–H groups in total. The van der Waals surface area contributed by atoms with E-state index in [1.165, 1.54) is 5.56 Å². The van der Waals surface area contributed by atoms with Gasteiger partial charge in [-0.15, -0.1) is 0 Å². The summed E-state index contributed by atoms with van der Waals surface area (Å²) < 4.78 is 0. The highest BCUT2D eigenvalue weighted by Gasteiger charge is 2.12. The first-order chi connectivity index (χ1) is 13.1. The average molecular weight is 359 g/mol. The minimum atomic E-state index is -0.313. The molecule has 1 aromatic heterocycles. The first-order valence-corrected chi connectivity index (χ1v) is 8.75. The zero-order valence-electron chi connectivity index (χ0n) is 15.1. The van der Waals surface area contributed by atoms with Gasteiger partial charge in [-0.25, -0.2) is 4.98 Å². The molecule has 0 radical (unpaired) electrons. The van der Waals surface area contributed by atoms with E-state index in [1.54, 1.807) is 18.2 Å². The van der Waals surface area contributed by atoms with Gasteiger partial charge in [0.25, 0.3) is 11.8 Å². The summed E-state index contributed by atoms with van der Waals surface area (Å²) in [6.07, 6.45) is 0. The van der Waals surface area contributed by atoms with Crippen LogP contribution in [0.1, 0.15) is 37.7 Å². The van der Waals surface area contributed by atoms with Crippen molar-refractivity contribution in [2.24, 2.45) is 0 Å². The van der Waals surface area contributed by atoms with Crippen molar-refractivity contribution >= 4 is 11.8 Å². The second-order valence-electron chi connectivity index (χ2n) is 6.24. The minimum Gasteiger partial charge on any atom is -0.347 e. The van der Waals surface area contributed by atoms with Crippen molar-refractivity contribution in [1.29, 1.82) is 0 Å². The van der Waals surface area contributed by atoms with Gasteiger partial charge in [0.2, 0.25) is 0 Å². The monoisotopic (exact) mass is 359 g/mol. The second kappa shape index (κ2) is 8.76. The number of carbonyl (C=O) groups excluding carboxylic acids is 2. The largest absolute Gasteiger partial charge is 0.347 e. The molecule has 3 rings (SSSR count). The smallest absolute Gasteiger partial charge is 0.270 e. The molecule has 0 aliphatic heterocycles. The summed E-state index contributed by atoms with van der Waals surface area (Å²) in [4.78, 5) is 28.8. The van der Waals surface area contributed by atoms with Gasteiger partial charge < -0.3 is 10.6 Å². The molecule has 0 fully saturated rings. The van der Waals surface area contributed by atoms with Crippen molar-refractivity contribution in [2.45, 2.75) is 20.0 Å². The Labute approximate surface area is 158 Å². The lowest BCUT2D eigenvalue weighted by Crippen LogP contribution is -2.27. The third kappa shape index (κ3) is 5.25. The second-order valence-corrected chi connectivity index (χ2v) is 6.24.